The average Bonchev–Trinajstić information content (AvgIpc) is 2.97. The van der Waals surface area contributed by atoms with Crippen LogP contribution in [-0.2, 0) is 20.7 Å². The SMILES string of the molecule is CC(C)(C)OC(=O)N1C(=O)C=C(OCCC2CCCCC2)[C@@H]1Cc1ccccc1. The van der Waals surface area contributed by atoms with Crippen LogP contribution in [0.15, 0.2) is 42.2 Å². The molecule has 0 radical (unpaired) electrons. The van der Waals surface area contributed by atoms with Crippen molar-refractivity contribution in [1.29, 1.82) is 0 Å². The molecule has 0 bridgehead atoms. The number of carbonyl (C=O) groups is 2. The van der Waals surface area contributed by atoms with E-state index in [0.717, 1.165) is 12.0 Å². The van der Waals surface area contributed by atoms with Gasteiger partial charge in [-0.25, -0.2) is 9.69 Å². The molecule has 1 heterocycles. The molecule has 1 saturated carbocycles. The standard InChI is InChI=1S/C24H33NO4/c1-24(2,3)29-23(27)25-20(16-19-12-8-5-9-13-19)21(17-22(25)26)28-15-14-18-10-6-4-7-11-18/h5,8-9,12-13,17-18,20H,4,6-7,10-11,14-16H2,1-3H3/t20-/m0/s1. The minimum Gasteiger partial charge on any atom is -0.495 e. The van der Waals surface area contributed by atoms with Crippen LogP contribution in [-0.4, -0.2) is 35.2 Å². The Kier molecular flexibility index (Phi) is 6.99. The lowest BCUT2D eigenvalue weighted by molar-refractivity contribution is -0.125. The van der Waals surface area contributed by atoms with Gasteiger partial charge < -0.3 is 9.47 Å². The third-order valence-corrected chi connectivity index (χ3v) is 5.52. The summed E-state index contributed by atoms with van der Waals surface area (Å²) in [6.07, 6.45) is 8.81. The first kappa shape index (κ1) is 21.4. The number of imide groups is 1. The van der Waals surface area contributed by atoms with Crippen LogP contribution in [0.2, 0.25) is 0 Å². The maximum Gasteiger partial charge on any atom is 0.418 e. The maximum absolute atomic E-state index is 12.7. The van der Waals surface area contributed by atoms with E-state index in [4.69, 9.17) is 9.47 Å². The highest BCUT2D eigenvalue weighted by Crippen LogP contribution is 2.29. The molecule has 5 nitrogen and oxygen atoms in total. The van der Waals surface area contributed by atoms with E-state index in [9.17, 15) is 9.59 Å². The van der Waals surface area contributed by atoms with Crippen molar-refractivity contribution in [1.82, 2.24) is 4.90 Å². The Morgan fingerprint density at radius 2 is 1.79 bits per heavy atom. The van der Waals surface area contributed by atoms with Gasteiger partial charge in [-0.3, -0.25) is 4.79 Å². The lowest BCUT2D eigenvalue weighted by Crippen LogP contribution is -2.44. The topological polar surface area (TPSA) is 55.8 Å². The van der Waals surface area contributed by atoms with Crippen molar-refractivity contribution < 1.29 is 19.1 Å². The Morgan fingerprint density at radius 3 is 2.45 bits per heavy atom. The van der Waals surface area contributed by atoms with Crippen molar-refractivity contribution >= 4 is 12.0 Å². The smallest absolute Gasteiger partial charge is 0.418 e. The Balaban J connectivity index is 1.69. The van der Waals surface area contributed by atoms with Gasteiger partial charge in [0, 0.05) is 12.5 Å². The van der Waals surface area contributed by atoms with Gasteiger partial charge in [-0.15, -0.1) is 0 Å². The second-order valence-corrected chi connectivity index (χ2v) is 9.08. The summed E-state index contributed by atoms with van der Waals surface area (Å²) in [6.45, 7) is 5.98. The summed E-state index contributed by atoms with van der Waals surface area (Å²) < 4.78 is 11.5. The summed E-state index contributed by atoms with van der Waals surface area (Å²) >= 11 is 0. The van der Waals surface area contributed by atoms with Gasteiger partial charge in [0.25, 0.3) is 5.91 Å². The number of hydrogen-bond donors (Lipinski definition) is 0. The lowest BCUT2D eigenvalue weighted by Gasteiger charge is -2.29. The molecule has 1 aromatic carbocycles. The molecule has 0 aromatic heterocycles. The quantitative estimate of drug-likeness (QED) is 0.656. The van der Waals surface area contributed by atoms with Crippen molar-refractivity contribution in [3.8, 4) is 0 Å². The van der Waals surface area contributed by atoms with E-state index in [1.165, 1.54) is 43.1 Å². The van der Waals surface area contributed by atoms with Gasteiger partial charge in [-0.2, -0.15) is 0 Å². The second-order valence-electron chi connectivity index (χ2n) is 9.08. The molecule has 0 unspecified atom stereocenters. The third kappa shape index (κ3) is 6.09. The number of ether oxygens (including phenoxy) is 2. The molecule has 5 heteroatoms. The normalized spacial score (nSPS) is 20.5. The van der Waals surface area contributed by atoms with Crippen molar-refractivity contribution in [2.45, 2.75) is 77.4 Å². The van der Waals surface area contributed by atoms with Crippen LogP contribution in [0, 0.1) is 5.92 Å². The Bertz CT molecular complexity index is 729. The van der Waals surface area contributed by atoms with Gasteiger partial charge in [0.05, 0.1) is 6.61 Å². The summed E-state index contributed by atoms with van der Waals surface area (Å²) in [7, 11) is 0. The summed E-state index contributed by atoms with van der Waals surface area (Å²) in [5.41, 5.74) is 0.377. The van der Waals surface area contributed by atoms with Gasteiger partial charge >= 0.3 is 6.09 Å². The molecule has 2 aliphatic rings. The van der Waals surface area contributed by atoms with Crippen LogP contribution in [0.25, 0.3) is 0 Å². The molecule has 158 valence electrons. The summed E-state index contributed by atoms with van der Waals surface area (Å²) in [6, 6.07) is 9.39. The summed E-state index contributed by atoms with van der Waals surface area (Å²) in [5, 5.41) is 0. The van der Waals surface area contributed by atoms with Crippen molar-refractivity contribution in [3.63, 3.8) is 0 Å². The summed E-state index contributed by atoms with van der Waals surface area (Å²) in [4.78, 5) is 26.6. The Labute approximate surface area is 174 Å². The highest BCUT2D eigenvalue weighted by Gasteiger charge is 2.41. The minimum absolute atomic E-state index is 0.368. The number of hydrogen-bond acceptors (Lipinski definition) is 4. The van der Waals surface area contributed by atoms with Gasteiger partial charge in [-0.05, 0) is 38.7 Å². The van der Waals surface area contributed by atoms with E-state index in [1.807, 2.05) is 30.3 Å². The van der Waals surface area contributed by atoms with Gasteiger partial charge in [-0.1, -0.05) is 62.4 Å². The monoisotopic (exact) mass is 399 g/mol. The molecule has 1 aromatic rings. The van der Waals surface area contributed by atoms with Gasteiger partial charge in [0.1, 0.15) is 17.4 Å². The molecule has 3 rings (SSSR count). The molecular weight excluding hydrogens is 366 g/mol. The molecule has 0 N–H and O–H groups in total. The second kappa shape index (κ2) is 9.47. The van der Waals surface area contributed by atoms with E-state index in [-0.39, 0.29) is 5.91 Å². The number of nitrogens with zero attached hydrogens (tertiary/aromatic N) is 1. The molecule has 29 heavy (non-hydrogen) atoms. The molecule has 1 atom stereocenters. The molecule has 1 aliphatic heterocycles. The predicted octanol–water partition coefficient (Wildman–Crippen LogP) is 5.25. The van der Waals surface area contributed by atoms with Crippen LogP contribution in [0.3, 0.4) is 0 Å². The lowest BCUT2D eigenvalue weighted by atomic mass is 9.87. The minimum atomic E-state index is -0.667. The first-order chi connectivity index (χ1) is 13.8. The van der Waals surface area contributed by atoms with Gasteiger partial charge in [0.15, 0.2) is 0 Å². The molecule has 2 amide bonds. The molecule has 1 aliphatic carbocycles. The zero-order chi connectivity index (χ0) is 20.9. The molecule has 0 saturated heterocycles. The van der Waals surface area contributed by atoms with Crippen molar-refractivity contribution in [3.05, 3.63) is 47.7 Å². The van der Waals surface area contributed by atoms with E-state index in [0.29, 0.717) is 24.7 Å². The van der Waals surface area contributed by atoms with E-state index < -0.39 is 17.7 Å². The third-order valence-electron chi connectivity index (χ3n) is 5.52. The highest BCUT2D eigenvalue weighted by atomic mass is 16.6. The molecule has 0 spiro atoms. The number of rotatable bonds is 6. The van der Waals surface area contributed by atoms with Gasteiger partial charge in [0.2, 0.25) is 0 Å². The number of benzene rings is 1. The maximum atomic E-state index is 12.7. The fourth-order valence-corrected chi connectivity index (χ4v) is 4.08. The summed E-state index contributed by atoms with van der Waals surface area (Å²) in [5.74, 6) is 0.907. The highest BCUT2D eigenvalue weighted by molar-refractivity contribution is 6.02. The molecule has 1 fully saturated rings. The van der Waals surface area contributed by atoms with Crippen LogP contribution in [0.5, 0.6) is 0 Å². The predicted molar refractivity (Wildman–Crippen MR) is 112 cm³/mol. The molecular formula is C24H33NO4. The van der Waals surface area contributed by atoms with Crippen LogP contribution < -0.4 is 0 Å². The van der Waals surface area contributed by atoms with Crippen LogP contribution in [0.1, 0.15) is 64.9 Å². The first-order valence-electron chi connectivity index (χ1n) is 10.8. The zero-order valence-corrected chi connectivity index (χ0v) is 17.9. The fraction of sp³-hybridized carbons (Fsp3) is 0.583. The Morgan fingerprint density at radius 1 is 1.10 bits per heavy atom. The van der Waals surface area contributed by atoms with Crippen LogP contribution >= 0.6 is 0 Å². The average molecular weight is 400 g/mol. The fourth-order valence-electron chi connectivity index (χ4n) is 4.08. The zero-order valence-electron chi connectivity index (χ0n) is 17.9. The van der Waals surface area contributed by atoms with Crippen molar-refractivity contribution in [2.24, 2.45) is 5.92 Å². The largest absolute Gasteiger partial charge is 0.495 e. The van der Waals surface area contributed by atoms with E-state index in [1.54, 1.807) is 20.8 Å². The van der Waals surface area contributed by atoms with E-state index >= 15 is 0 Å². The van der Waals surface area contributed by atoms with Crippen LogP contribution in [0.4, 0.5) is 4.79 Å². The Hall–Kier alpha value is -2.30. The number of amides is 2. The van der Waals surface area contributed by atoms with E-state index in [2.05, 4.69) is 0 Å². The number of carbonyl (C=O) groups excluding carboxylic acids is 2. The first-order valence-corrected chi connectivity index (χ1v) is 10.8. The van der Waals surface area contributed by atoms with Crippen molar-refractivity contribution in [2.75, 3.05) is 6.61 Å².